The Balaban J connectivity index is 2.64. The van der Waals surface area contributed by atoms with Crippen LogP contribution in [0.4, 0.5) is 5.82 Å². The van der Waals surface area contributed by atoms with E-state index < -0.39 is 0 Å². The molecule has 1 aromatic rings. The number of aromatic nitrogens is 1. The van der Waals surface area contributed by atoms with Crippen molar-refractivity contribution < 1.29 is 0 Å². The molecule has 1 aromatic heterocycles. The highest BCUT2D eigenvalue weighted by molar-refractivity contribution is 7.99. The van der Waals surface area contributed by atoms with E-state index in [1.54, 1.807) is 24.0 Å². The Hall–Kier alpha value is -0.410. The fourth-order valence-electron chi connectivity index (χ4n) is 0.901. The molecule has 0 unspecified atom stereocenters. The highest BCUT2D eigenvalue weighted by Gasteiger charge is 2.05. The minimum atomic E-state index is 0.536. The number of nitrogens with zero attached hydrogens (tertiary/aromatic N) is 1. The number of anilines is 1. The summed E-state index contributed by atoms with van der Waals surface area (Å²) in [5.74, 6) is 1.58. The lowest BCUT2D eigenvalue weighted by molar-refractivity contribution is 0.896. The van der Waals surface area contributed by atoms with E-state index in [4.69, 9.17) is 17.3 Å². The standard InChI is InChI=1S/C9H13ClN2S/c1-2-3-6-13-8-7(10)4-5-12-9(8)11/h4-5H,2-3,6H2,1H3,(H2,11,12). The van der Waals surface area contributed by atoms with Gasteiger partial charge in [0.25, 0.3) is 0 Å². The summed E-state index contributed by atoms with van der Waals surface area (Å²) in [6.45, 7) is 2.16. The van der Waals surface area contributed by atoms with Gasteiger partial charge < -0.3 is 5.73 Å². The maximum atomic E-state index is 5.97. The summed E-state index contributed by atoms with van der Waals surface area (Å²) in [6.07, 6.45) is 3.99. The smallest absolute Gasteiger partial charge is 0.138 e. The molecule has 1 rings (SSSR count). The van der Waals surface area contributed by atoms with Crippen molar-refractivity contribution in [2.24, 2.45) is 0 Å². The molecule has 0 aliphatic heterocycles. The Morgan fingerprint density at radius 3 is 3.00 bits per heavy atom. The van der Waals surface area contributed by atoms with Crippen LogP contribution in [0.25, 0.3) is 0 Å². The first-order valence-electron chi connectivity index (χ1n) is 4.28. The van der Waals surface area contributed by atoms with Crippen LogP contribution in [-0.4, -0.2) is 10.7 Å². The molecule has 0 aliphatic carbocycles. The maximum Gasteiger partial charge on any atom is 0.138 e. The van der Waals surface area contributed by atoms with Crippen molar-refractivity contribution in [2.75, 3.05) is 11.5 Å². The SMILES string of the molecule is CCCCSc1c(Cl)ccnc1N. The second kappa shape index (κ2) is 5.35. The molecule has 0 aliphatic rings. The van der Waals surface area contributed by atoms with Crippen molar-refractivity contribution in [1.29, 1.82) is 0 Å². The molecule has 13 heavy (non-hydrogen) atoms. The molecule has 0 bridgehead atoms. The second-order valence-corrected chi connectivity index (χ2v) is 4.22. The third-order valence-corrected chi connectivity index (χ3v) is 3.27. The van der Waals surface area contributed by atoms with Crippen LogP contribution < -0.4 is 5.73 Å². The Bertz CT molecular complexity index is 258. The first-order chi connectivity index (χ1) is 6.25. The molecule has 0 amide bonds. The van der Waals surface area contributed by atoms with Gasteiger partial charge in [-0.15, -0.1) is 11.8 Å². The second-order valence-electron chi connectivity index (χ2n) is 2.71. The predicted molar refractivity (Wildman–Crippen MR) is 59.3 cm³/mol. The Kier molecular flexibility index (Phi) is 4.39. The normalized spacial score (nSPS) is 10.3. The van der Waals surface area contributed by atoms with E-state index in [1.807, 2.05) is 0 Å². The van der Waals surface area contributed by atoms with E-state index in [0.717, 1.165) is 10.6 Å². The minimum Gasteiger partial charge on any atom is -0.383 e. The molecule has 0 saturated heterocycles. The van der Waals surface area contributed by atoms with Gasteiger partial charge in [0, 0.05) is 6.20 Å². The van der Waals surface area contributed by atoms with E-state index in [0.29, 0.717) is 10.8 Å². The van der Waals surface area contributed by atoms with Crippen LogP contribution in [0, 0.1) is 0 Å². The molecule has 4 heteroatoms. The van der Waals surface area contributed by atoms with Crippen LogP contribution in [0.3, 0.4) is 0 Å². The van der Waals surface area contributed by atoms with Gasteiger partial charge in [0.2, 0.25) is 0 Å². The van der Waals surface area contributed by atoms with E-state index in [1.165, 1.54) is 12.8 Å². The topological polar surface area (TPSA) is 38.9 Å². The first-order valence-corrected chi connectivity index (χ1v) is 5.64. The lowest BCUT2D eigenvalue weighted by Gasteiger charge is -2.05. The van der Waals surface area contributed by atoms with Crippen molar-refractivity contribution in [3.8, 4) is 0 Å². The van der Waals surface area contributed by atoms with Crippen molar-refractivity contribution in [2.45, 2.75) is 24.7 Å². The zero-order chi connectivity index (χ0) is 9.68. The zero-order valence-electron chi connectivity index (χ0n) is 7.59. The summed E-state index contributed by atoms with van der Waals surface area (Å²) < 4.78 is 0. The summed E-state index contributed by atoms with van der Waals surface area (Å²) >= 11 is 7.65. The van der Waals surface area contributed by atoms with Gasteiger partial charge in [0.15, 0.2) is 0 Å². The molecule has 0 atom stereocenters. The number of nitrogens with two attached hydrogens (primary N) is 1. The fraction of sp³-hybridized carbons (Fsp3) is 0.444. The van der Waals surface area contributed by atoms with E-state index in [2.05, 4.69) is 11.9 Å². The largest absolute Gasteiger partial charge is 0.383 e. The number of halogens is 1. The van der Waals surface area contributed by atoms with E-state index in [-0.39, 0.29) is 0 Å². The van der Waals surface area contributed by atoms with E-state index in [9.17, 15) is 0 Å². The van der Waals surface area contributed by atoms with Crippen LogP contribution in [0.2, 0.25) is 5.02 Å². The number of pyridine rings is 1. The summed E-state index contributed by atoms with van der Waals surface area (Å²) in [7, 11) is 0. The predicted octanol–water partition coefficient (Wildman–Crippen LogP) is 3.21. The quantitative estimate of drug-likeness (QED) is 0.621. The number of thioether (sulfide) groups is 1. The average molecular weight is 217 g/mol. The zero-order valence-corrected chi connectivity index (χ0v) is 9.16. The monoisotopic (exact) mass is 216 g/mol. The molecule has 2 N–H and O–H groups in total. The molecule has 2 nitrogen and oxygen atoms in total. The first kappa shape index (κ1) is 10.7. The van der Waals surface area contributed by atoms with Gasteiger partial charge in [-0.05, 0) is 18.2 Å². The number of hydrogen-bond acceptors (Lipinski definition) is 3. The Morgan fingerprint density at radius 1 is 1.62 bits per heavy atom. The van der Waals surface area contributed by atoms with Gasteiger partial charge >= 0.3 is 0 Å². The molecule has 0 radical (unpaired) electrons. The highest BCUT2D eigenvalue weighted by atomic mass is 35.5. The van der Waals surface area contributed by atoms with Crippen molar-refractivity contribution >= 4 is 29.2 Å². The van der Waals surface area contributed by atoms with Gasteiger partial charge in [-0.3, -0.25) is 0 Å². The molecule has 0 saturated carbocycles. The number of hydrogen-bond donors (Lipinski definition) is 1. The fourth-order valence-corrected chi connectivity index (χ4v) is 2.26. The third kappa shape index (κ3) is 3.08. The third-order valence-electron chi connectivity index (χ3n) is 1.63. The molecular weight excluding hydrogens is 204 g/mol. The van der Waals surface area contributed by atoms with Crippen molar-refractivity contribution in [1.82, 2.24) is 4.98 Å². The molecule has 0 spiro atoms. The van der Waals surface area contributed by atoms with Crippen molar-refractivity contribution in [3.63, 3.8) is 0 Å². The van der Waals surface area contributed by atoms with Gasteiger partial charge in [0.05, 0.1) is 9.92 Å². The molecule has 0 fully saturated rings. The lowest BCUT2D eigenvalue weighted by atomic mass is 10.4. The van der Waals surface area contributed by atoms with Gasteiger partial charge in [0.1, 0.15) is 5.82 Å². The number of unbranched alkanes of at least 4 members (excludes halogenated alkanes) is 1. The number of rotatable bonds is 4. The summed E-state index contributed by atoms with van der Waals surface area (Å²) in [5.41, 5.74) is 5.69. The van der Waals surface area contributed by atoms with Gasteiger partial charge in [-0.1, -0.05) is 24.9 Å². The van der Waals surface area contributed by atoms with Crippen LogP contribution in [-0.2, 0) is 0 Å². The van der Waals surface area contributed by atoms with E-state index >= 15 is 0 Å². The molecular formula is C9H13ClN2S. The van der Waals surface area contributed by atoms with Crippen LogP contribution in [0.1, 0.15) is 19.8 Å². The van der Waals surface area contributed by atoms with Gasteiger partial charge in [-0.2, -0.15) is 0 Å². The van der Waals surface area contributed by atoms with Gasteiger partial charge in [-0.25, -0.2) is 4.98 Å². The lowest BCUT2D eigenvalue weighted by Crippen LogP contribution is -1.93. The minimum absolute atomic E-state index is 0.536. The van der Waals surface area contributed by atoms with Crippen LogP contribution in [0.15, 0.2) is 17.2 Å². The summed E-state index contributed by atoms with van der Waals surface area (Å²) in [6, 6.07) is 1.77. The summed E-state index contributed by atoms with van der Waals surface area (Å²) in [4.78, 5) is 4.91. The Morgan fingerprint density at radius 2 is 2.38 bits per heavy atom. The highest BCUT2D eigenvalue weighted by Crippen LogP contribution is 2.31. The molecule has 1 heterocycles. The van der Waals surface area contributed by atoms with Crippen LogP contribution in [0.5, 0.6) is 0 Å². The summed E-state index contributed by atoms with van der Waals surface area (Å²) in [5, 5.41) is 0.702. The maximum absolute atomic E-state index is 5.97. The average Bonchev–Trinajstić information content (AvgIpc) is 2.10. The number of nitrogen functional groups attached to an aromatic ring is 1. The molecule has 72 valence electrons. The van der Waals surface area contributed by atoms with Crippen molar-refractivity contribution in [3.05, 3.63) is 17.3 Å². The van der Waals surface area contributed by atoms with Crippen LogP contribution >= 0.6 is 23.4 Å². The Labute approximate surface area is 87.9 Å². The molecule has 0 aromatic carbocycles.